The lowest BCUT2D eigenvalue weighted by Gasteiger charge is -2.66. The smallest absolute Gasteiger partial charge is 0.00671 e. The molecule has 3 atom stereocenters. The summed E-state index contributed by atoms with van der Waals surface area (Å²) in [6.07, 6.45) is 10.2. The second kappa shape index (κ2) is 3.75. The molecule has 0 amide bonds. The van der Waals surface area contributed by atoms with Gasteiger partial charge in [-0.15, -0.1) is 0 Å². The lowest BCUT2D eigenvalue weighted by atomic mass is 9.39. The molecular weight excluding hydrogens is 218 g/mol. The summed E-state index contributed by atoms with van der Waals surface area (Å²) < 4.78 is 0. The minimum absolute atomic E-state index is 0.411. The standard InChI is InChI=1S/C17H31N/c1-12(2)14(18)8-17-7-13-5-15(3,10-17)9-16(4,6-13)11-17/h12-14H,5-11,18H2,1-4H3. The van der Waals surface area contributed by atoms with Crippen molar-refractivity contribution in [1.82, 2.24) is 0 Å². The zero-order valence-corrected chi connectivity index (χ0v) is 12.8. The maximum atomic E-state index is 6.42. The highest BCUT2D eigenvalue weighted by molar-refractivity contribution is 5.10. The Labute approximate surface area is 113 Å². The van der Waals surface area contributed by atoms with Gasteiger partial charge in [-0.1, -0.05) is 27.7 Å². The largest absolute Gasteiger partial charge is 0.327 e. The molecule has 0 aromatic carbocycles. The van der Waals surface area contributed by atoms with Crippen molar-refractivity contribution in [3.8, 4) is 0 Å². The van der Waals surface area contributed by atoms with Gasteiger partial charge in [-0.3, -0.25) is 0 Å². The Morgan fingerprint density at radius 3 is 2.00 bits per heavy atom. The molecule has 4 bridgehead atoms. The third-order valence-electron chi connectivity index (χ3n) is 6.27. The van der Waals surface area contributed by atoms with Gasteiger partial charge in [0.2, 0.25) is 0 Å². The highest BCUT2D eigenvalue weighted by Crippen LogP contribution is 2.70. The summed E-state index contributed by atoms with van der Waals surface area (Å²) >= 11 is 0. The molecule has 4 fully saturated rings. The highest BCUT2D eigenvalue weighted by Gasteiger charge is 2.59. The normalized spacial score (nSPS) is 52.0. The first-order chi connectivity index (χ1) is 8.23. The predicted molar refractivity (Wildman–Crippen MR) is 77.3 cm³/mol. The number of rotatable bonds is 3. The van der Waals surface area contributed by atoms with Gasteiger partial charge in [-0.25, -0.2) is 0 Å². The summed E-state index contributed by atoms with van der Waals surface area (Å²) in [7, 11) is 0. The van der Waals surface area contributed by atoms with E-state index in [0.29, 0.717) is 28.2 Å². The maximum Gasteiger partial charge on any atom is 0.00671 e. The molecule has 0 radical (unpaired) electrons. The zero-order valence-electron chi connectivity index (χ0n) is 12.8. The molecule has 4 aliphatic carbocycles. The monoisotopic (exact) mass is 249 g/mol. The van der Waals surface area contributed by atoms with E-state index in [1.807, 2.05) is 0 Å². The van der Waals surface area contributed by atoms with Crippen LogP contribution in [-0.4, -0.2) is 6.04 Å². The van der Waals surface area contributed by atoms with Crippen molar-refractivity contribution in [2.75, 3.05) is 0 Å². The van der Waals surface area contributed by atoms with Crippen LogP contribution in [0.4, 0.5) is 0 Å². The van der Waals surface area contributed by atoms with Gasteiger partial charge in [-0.2, -0.15) is 0 Å². The van der Waals surface area contributed by atoms with Crippen molar-refractivity contribution in [2.45, 2.75) is 78.7 Å². The van der Waals surface area contributed by atoms with E-state index >= 15 is 0 Å². The van der Waals surface area contributed by atoms with Crippen LogP contribution < -0.4 is 5.73 Å². The number of hydrogen-bond donors (Lipinski definition) is 1. The average Bonchev–Trinajstić information content (AvgIpc) is 2.09. The van der Waals surface area contributed by atoms with Gasteiger partial charge < -0.3 is 5.73 Å². The van der Waals surface area contributed by atoms with Crippen molar-refractivity contribution in [3.63, 3.8) is 0 Å². The Bertz CT molecular complexity index is 328. The zero-order chi connectivity index (χ0) is 13.2. The molecule has 3 unspecified atom stereocenters. The highest BCUT2D eigenvalue weighted by atomic mass is 14.7. The van der Waals surface area contributed by atoms with Gasteiger partial charge >= 0.3 is 0 Å². The molecule has 0 spiro atoms. The minimum Gasteiger partial charge on any atom is -0.327 e. The maximum absolute atomic E-state index is 6.42. The van der Waals surface area contributed by atoms with Crippen LogP contribution in [0.1, 0.15) is 72.6 Å². The number of nitrogens with two attached hydrogens (primary N) is 1. The van der Waals surface area contributed by atoms with Gasteiger partial charge in [0.05, 0.1) is 0 Å². The minimum atomic E-state index is 0.411. The Morgan fingerprint density at radius 1 is 1.00 bits per heavy atom. The lowest BCUT2D eigenvalue weighted by molar-refractivity contribution is -0.150. The molecule has 0 aromatic rings. The van der Waals surface area contributed by atoms with E-state index < -0.39 is 0 Å². The SMILES string of the molecule is CC(C)C(N)CC12CC3CC(C)(CC(C)(C3)C1)C2. The van der Waals surface area contributed by atoms with Crippen LogP contribution in [0.5, 0.6) is 0 Å². The Kier molecular flexibility index (Phi) is 2.70. The van der Waals surface area contributed by atoms with E-state index in [1.165, 1.54) is 44.9 Å². The van der Waals surface area contributed by atoms with Gasteiger partial charge in [0.1, 0.15) is 0 Å². The molecule has 4 aliphatic rings. The Morgan fingerprint density at radius 2 is 1.56 bits per heavy atom. The third-order valence-corrected chi connectivity index (χ3v) is 6.27. The van der Waals surface area contributed by atoms with Crippen LogP contribution in [0.2, 0.25) is 0 Å². The van der Waals surface area contributed by atoms with E-state index in [9.17, 15) is 0 Å². The predicted octanol–water partition coefficient (Wildman–Crippen LogP) is 4.36. The summed E-state index contributed by atoms with van der Waals surface area (Å²) in [5.74, 6) is 1.65. The fourth-order valence-electron chi connectivity index (χ4n) is 6.65. The fraction of sp³-hybridized carbons (Fsp3) is 1.00. The molecule has 4 saturated carbocycles. The van der Waals surface area contributed by atoms with Crippen molar-refractivity contribution in [3.05, 3.63) is 0 Å². The van der Waals surface area contributed by atoms with Crippen molar-refractivity contribution in [1.29, 1.82) is 0 Å². The molecule has 2 N–H and O–H groups in total. The van der Waals surface area contributed by atoms with Crippen molar-refractivity contribution < 1.29 is 0 Å². The summed E-state index contributed by atoms with van der Waals surface area (Å²) in [4.78, 5) is 0. The third kappa shape index (κ3) is 2.03. The van der Waals surface area contributed by atoms with Gasteiger partial charge in [0.15, 0.2) is 0 Å². The van der Waals surface area contributed by atoms with Crippen LogP contribution in [-0.2, 0) is 0 Å². The van der Waals surface area contributed by atoms with Gasteiger partial charge in [0.25, 0.3) is 0 Å². The first-order valence-corrected chi connectivity index (χ1v) is 7.99. The quantitative estimate of drug-likeness (QED) is 0.790. The van der Waals surface area contributed by atoms with Gasteiger partial charge in [0, 0.05) is 6.04 Å². The van der Waals surface area contributed by atoms with Gasteiger partial charge in [-0.05, 0) is 73.0 Å². The second-order valence-electron chi connectivity index (χ2n) is 9.24. The molecule has 0 saturated heterocycles. The average molecular weight is 249 g/mol. The van der Waals surface area contributed by atoms with E-state index in [4.69, 9.17) is 5.73 Å². The van der Waals surface area contributed by atoms with E-state index in [0.717, 1.165) is 5.92 Å². The Balaban J connectivity index is 1.85. The Hall–Kier alpha value is -0.0400. The topological polar surface area (TPSA) is 26.0 Å². The molecule has 1 nitrogen and oxygen atoms in total. The van der Waals surface area contributed by atoms with Crippen LogP contribution in [0.25, 0.3) is 0 Å². The second-order valence-corrected chi connectivity index (χ2v) is 9.24. The fourth-order valence-corrected chi connectivity index (χ4v) is 6.65. The van der Waals surface area contributed by atoms with Crippen LogP contribution >= 0.6 is 0 Å². The molecular formula is C17H31N. The first kappa shape index (κ1) is 13.0. The molecule has 0 aliphatic heterocycles. The molecule has 18 heavy (non-hydrogen) atoms. The molecule has 4 rings (SSSR count). The molecule has 1 heteroatoms. The van der Waals surface area contributed by atoms with Crippen LogP contribution in [0.15, 0.2) is 0 Å². The summed E-state index contributed by atoms with van der Waals surface area (Å²) in [6.45, 7) is 9.69. The van der Waals surface area contributed by atoms with Crippen LogP contribution in [0, 0.1) is 28.1 Å². The number of hydrogen-bond acceptors (Lipinski definition) is 1. The van der Waals surface area contributed by atoms with E-state index in [1.54, 1.807) is 0 Å². The van der Waals surface area contributed by atoms with E-state index in [-0.39, 0.29) is 0 Å². The summed E-state index contributed by atoms with van der Waals surface area (Å²) in [5.41, 5.74) is 8.32. The van der Waals surface area contributed by atoms with E-state index in [2.05, 4.69) is 27.7 Å². The first-order valence-electron chi connectivity index (χ1n) is 7.99. The summed E-state index contributed by atoms with van der Waals surface area (Å²) in [5, 5.41) is 0. The molecule has 0 heterocycles. The summed E-state index contributed by atoms with van der Waals surface area (Å²) in [6, 6.07) is 0.411. The van der Waals surface area contributed by atoms with Crippen molar-refractivity contribution >= 4 is 0 Å². The van der Waals surface area contributed by atoms with Crippen LogP contribution in [0.3, 0.4) is 0 Å². The van der Waals surface area contributed by atoms with Crippen molar-refractivity contribution in [2.24, 2.45) is 33.8 Å². The molecule has 0 aromatic heterocycles. The lowest BCUT2D eigenvalue weighted by Crippen LogP contribution is -2.56. The molecule has 104 valence electrons.